The highest BCUT2D eigenvalue weighted by atomic mass is 32.3. The van der Waals surface area contributed by atoms with Crippen LogP contribution in [0.5, 0.6) is 0 Å². The molecule has 0 saturated heterocycles. The van der Waals surface area contributed by atoms with Crippen molar-refractivity contribution in [3.8, 4) is 0 Å². The molecule has 6 nitrogen and oxygen atoms in total. The van der Waals surface area contributed by atoms with Crippen LogP contribution in [0.2, 0.25) is 0 Å². The summed E-state index contributed by atoms with van der Waals surface area (Å²) in [6.45, 7) is 0. The fraction of sp³-hybridized carbons (Fsp3) is 0. The van der Waals surface area contributed by atoms with Gasteiger partial charge in [-0.05, 0) is 0 Å². The molecule has 0 aromatic rings. The topological polar surface area (TPSA) is 138 Å². The maximum atomic E-state index is 8.74. The van der Waals surface area contributed by atoms with Crippen molar-refractivity contribution in [2.24, 2.45) is 0 Å². The average molecular weight is 134 g/mol. The van der Waals surface area contributed by atoms with E-state index in [0.717, 1.165) is 0 Å². The van der Waals surface area contributed by atoms with Gasteiger partial charge in [0.1, 0.15) is 0 Å². The van der Waals surface area contributed by atoms with Crippen LogP contribution in [0.1, 0.15) is 0 Å². The number of rotatable bonds is 0. The van der Waals surface area contributed by atoms with Crippen molar-refractivity contribution in [2.45, 2.75) is 0 Å². The van der Waals surface area contributed by atoms with E-state index in [0.29, 0.717) is 0 Å². The Morgan fingerprint density at radius 1 is 1.00 bits per heavy atom. The normalized spacial score (nSPS) is 8.29. The summed E-state index contributed by atoms with van der Waals surface area (Å²) in [6, 6.07) is 0. The minimum atomic E-state index is -4.67. The van der Waals surface area contributed by atoms with Crippen LogP contribution in [0.3, 0.4) is 0 Å². The largest absolute Gasteiger partial charge is 0.412 e. The zero-order valence-corrected chi connectivity index (χ0v) is 3.94. The minimum absolute atomic E-state index is 0. The van der Waals surface area contributed by atoms with Gasteiger partial charge < -0.3 is 11.0 Å². The Labute approximate surface area is 40.0 Å². The quantitative estimate of drug-likeness (QED) is 0.359. The Balaban J connectivity index is -0.0000000800. The minimum Gasteiger partial charge on any atom is -0.412 e. The molecule has 0 aromatic heterocycles. The molecule has 0 fully saturated rings. The van der Waals surface area contributed by atoms with Gasteiger partial charge in [-0.25, -0.2) is 0 Å². The molecular formula is H6O6S. The third-order valence-electron chi connectivity index (χ3n) is 0. The second kappa shape index (κ2) is 3.96. The number of hydrogen-bond donors (Lipinski definition) is 2. The molecule has 0 aliphatic carbocycles. The first kappa shape index (κ1) is 15.8. The molecule has 0 aliphatic rings. The van der Waals surface area contributed by atoms with Crippen LogP contribution in [0.4, 0.5) is 0 Å². The molecule has 0 aromatic carbocycles. The monoisotopic (exact) mass is 134 g/mol. The zero-order valence-electron chi connectivity index (χ0n) is 3.12. The molecule has 0 radical (unpaired) electrons. The highest BCUT2D eigenvalue weighted by Gasteiger charge is 1.84. The van der Waals surface area contributed by atoms with Crippen LogP contribution in [-0.2, 0) is 10.4 Å². The van der Waals surface area contributed by atoms with Crippen LogP contribution >= 0.6 is 0 Å². The molecule has 7 heteroatoms. The number of hydrogen-bond acceptors (Lipinski definition) is 2. The second-order valence-corrected chi connectivity index (χ2v) is 1.34. The molecule has 48 valence electrons. The summed E-state index contributed by atoms with van der Waals surface area (Å²) < 4.78 is 31.6. The van der Waals surface area contributed by atoms with Gasteiger partial charge in [0.2, 0.25) is 0 Å². The summed E-state index contributed by atoms with van der Waals surface area (Å²) in [4.78, 5) is 0. The average Bonchev–Trinajstić information content (AvgIpc) is 0.722. The van der Waals surface area contributed by atoms with Crippen LogP contribution in [0.25, 0.3) is 0 Å². The lowest BCUT2D eigenvalue weighted by molar-refractivity contribution is 0.381. The Bertz CT molecular complexity index is 87.3. The lowest BCUT2D eigenvalue weighted by Crippen LogP contribution is -1.89. The highest BCUT2D eigenvalue weighted by molar-refractivity contribution is 7.79. The molecular weight excluding hydrogens is 128 g/mol. The van der Waals surface area contributed by atoms with Gasteiger partial charge in [-0.2, -0.15) is 8.42 Å². The molecule has 0 amide bonds. The van der Waals surface area contributed by atoms with E-state index in [9.17, 15) is 0 Å². The van der Waals surface area contributed by atoms with Crippen molar-refractivity contribution in [2.75, 3.05) is 0 Å². The third-order valence-corrected chi connectivity index (χ3v) is 0. The first-order chi connectivity index (χ1) is 2.00. The molecule has 0 unspecified atom stereocenters. The van der Waals surface area contributed by atoms with Gasteiger partial charge in [0, 0.05) is 0 Å². The Morgan fingerprint density at radius 3 is 1.00 bits per heavy atom. The summed E-state index contributed by atoms with van der Waals surface area (Å²) in [5.74, 6) is 0. The van der Waals surface area contributed by atoms with Crippen molar-refractivity contribution in [3.63, 3.8) is 0 Å². The van der Waals surface area contributed by atoms with Crippen LogP contribution in [-0.4, -0.2) is 28.5 Å². The summed E-state index contributed by atoms with van der Waals surface area (Å²) >= 11 is 0. The molecule has 7 heavy (non-hydrogen) atoms. The Kier molecular flexibility index (Phi) is 8.97. The van der Waals surface area contributed by atoms with Gasteiger partial charge in [0.25, 0.3) is 0 Å². The standard InChI is InChI=1S/H2O4S.2H2O/c1-5(2,3)4;;/h(H2,1,2,3,4);2*1H2. The lowest BCUT2D eigenvalue weighted by atomic mass is 15.8. The van der Waals surface area contributed by atoms with Crippen LogP contribution in [0.15, 0.2) is 0 Å². The van der Waals surface area contributed by atoms with E-state index in [4.69, 9.17) is 17.5 Å². The molecule has 0 atom stereocenters. The molecule has 6 N–H and O–H groups in total. The summed E-state index contributed by atoms with van der Waals surface area (Å²) in [5, 5.41) is 0. The van der Waals surface area contributed by atoms with Gasteiger partial charge >= 0.3 is 10.4 Å². The summed E-state index contributed by atoms with van der Waals surface area (Å²) in [5.41, 5.74) is 0. The Morgan fingerprint density at radius 2 is 1.00 bits per heavy atom. The van der Waals surface area contributed by atoms with E-state index < -0.39 is 10.4 Å². The van der Waals surface area contributed by atoms with Crippen molar-refractivity contribution in [1.29, 1.82) is 0 Å². The van der Waals surface area contributed by atoms with Crippen LogP contribution in [0, 0.1) is 0 Å². The smallest absolute Gasteiger partial charge is 0.394 e. The molecule has 0 aliphatic heterocycles. The van der Waals surface area contributed by atoms with Crippen molar-refractivity contribution < 1.29 is 28.5 Å². The fourth-order valence-electron chi connectivity index (χ4n) is 0. The first-order valence-corrected chi connectivity index (χ1v) is 2.10. The molecule has 0 saturated carbocycles. The van der Waals surface area contributed by atoms with E-state index in [-0.39, 0.29) is 11.0 Å². The van der Waals surface area contributed by atoms with Gasteiger partial charge in [-0.15, -0.1) is 0 Å². The molecule has 0 heterocycles. The predicted molar refractivity (Wildman–Crippen MR) is 21.4 cm³/mol. The summed E-state index contributed by atoms with van der Waals surface area (Å²) in [7, 11) is -4.67. The van der Waals surface area contributed by atoms with Crippen molar-refractivity contribution in [3.05, 3.63) is 0 Å². The first-order valence-electron chi connectivity index (χ1n) is 0.698. The van der Waals surface area contributed by atoms with E-state index in [1.165, 1.54) is 0 Å². The molecule has 0 rings (SSSR count). The fourth-order valence-corrected chi connectivity index (χ4v) is 0. The summed E-state index contributed by atoms with van der Waals surface area (Å²) in [6.07, 6.45) is 0. The lowest BCUT2D eigenvalue weighted by Gasteiger charge is -1.68. The predicted octanol–water partition coefficient (Wildman–Crippen LogP) is -2.30. The molecule has 0 bridgehead atoms. The third kappa shape index (κ3) is 1890. The zero-order chi connectivity index (χ0) is 4.50. The van der Waals surface area contributed by atoms with Gasteiger partial charge in [0.05, 0.1) is 0 Å². The highest BCUT2D eigenvalue weighted by Crippen LogP contribution is 1.59. The maximum Gasteiger partial charge on any atom is 0.394 e. The van der Waals surface area contributed by atoms with E-state index >= 15 is 0 Å². The van der Waals surface area contributed by atoms with Crippen molar-refractivity contribution in [1.82, 2.24) is 0 Å². The van der Waals surface area contributed by atoms with Crippen LogP contribution < -0.4 is 0 Å². The van der Waals surface area contributed by atoms with E-state index in [2.05, 4.69) is 0 Å². The SMILES string of the molecule is O.O.O=S(=O)(O)O. The van der Waals surface area contributed by atoms with Gasteiger partial charge in [-0.3, -0.25) is 9.11 Å². The Hall–Kier alpha value is -0.210. The second-order valence-electron chi connectivity index (χ2n) is 0.448. The van der Waals surface area contributed by atoms with E-state index in [1.807, 2.05) is 0 Å². The molecule has 0 spiro atoms. The maximum absolute atomic E-state index is 8.74. The van der Waals surface area contributed by atoms with Gasteiger partial charge in [0.15, 0.2) is 0 Å². The van der Waals surface area contributed by atoms with Gasteiger partial charge in [-0.1, -0.05) is 0 Å². The van der Waals surface area contributed by atoms with E-state index in [1.54, 1.807) is 0 Å². The van der Waals surface area contributed by atoms with Crippen molar-refractivity contribution >= 4 is 10.4 Å².